The van der Waals surface area contributed by atoms with Gasteiger partial charge in [0.05, 0.1) is 12.7 Å². The summed E-state index contributed by atoms with van der Waals surface area (Å²) in [4.78, 5) is 11.3. The molecule has 0 rings (SSSR count). The molecule has 0 saturated heterocycles. The molecule has 0 aromatic carbocycles. The normalized spacial score (nSPS) is 17.2. The van der Waals surface area contributed by atoms with Gasteiger partial charge in [0.1, 0.15) is 5.54 Å². The summed E-state index contributed by atoms with van der Waals surface area (Å²) in [5, 5.41) is 9.20. The van der Waals surface area contributed by atoms with Crippen molar-refractivity contribution in [3.05, 3.63) is 0 Å². The first-order chi connectivity index (χ1) is 6.44. The van der Waals surface area contributed by atoms with Gasteiger partial charge < -0.3 is 21.3 Å². The van der Waals surface area contributed by atoms with Gasteiger partial charge in [-0.15, -0.1) is 0 Å². The lowest BCUT2D eigenvalue weighted by Gasteiger charge is -2.23. The average Bonchev–Trinajstić information content (AvgIpc) is 2.14. The van der Waals surface area contributed by atoms with Gasteiger partial charge in [0.25, 0.3) is 0 Å². The number of rotatable bonds is 6. The van der Waals surface area contributed by atoms with Gasteiger partial charge in [-0.2, -0.15) is 0 Å². The monoisotopic (exact) mass is 204 g/mol. The molecule has 0 aromatic heterocycles. The predicted octanol–water partition coefficient (Wildman–Crippen LogP) is -0.633. The third-order valence-electron chi connectivity index (χ3n) is 2.01. The Morgan fingerprint density at radius 1 is 1.64 bits per heavy atom. The Balaban J connectivity index is 3.99. The highest BCUT2D eigenvalue weighted by atomic mass is 16.5. The van der Waals surface area contributed by atoms with E-state index in [1.54, 1.807) is 13.8 Å². The first kappa shape index (κ1) is 13.4. The molecule has 0 spiro atoms. The highest BCUT2D eigenvalue weighted by molar-refractivity contribution is 5.79. The van der Waals surface area contributed by atoms with Crippen LogP contribution in [0.25, 0.3) is 0 Å². The number of ether oxygens (including phenoxy) is 1. The molecule has 84 valence electrons. The Bertz CT molecular complexity index is 183. The van der Waals surface area contributed by atoms with Crippen molar-refractivity contribution >= 4 is 5.97 Å². The third-order valence-corrected chi connectivity index (χ3v) is 2.01. The maximum Gasteiger partial charge on any atom is 0.325 e. The van der Waals surface area contributed by atoms with Crippen molar-refractivity contribution in [1.29, 1.82) is 0 Å². The van der Waals surface area contributed by atoms with Crippen LogP contribution in [0.1, 0.15) is 26.7 Å². The number of hydrogen-bond donors (Lipinski definition) is 3. The van der Waals surface area contributed by atoms with E-state index in [1.165, 1.54) is 0 Å². The summed E-state index contributed by atoms with van der Waals surface area (Å²) >= 11 is 0. The van der Waals surface area contributed by atoms with Gasteiger partial charge in [0.2, 0.25) is 0 Å². The summed E-state index contributed by atoms with van der Waals surface area (Å²) < 4.78 is 4.80. The standard InChI is InChI=1S/C9H20N2O3/c1-3-14-8(13)9(2,11)5-4-7(12)6-10/h7,12H,3-6,10-11H2,1-2H3. The number of nitrogens with two attached hydrogens (primary N) is 2. The van der Waals surface area contributed by atoms with E-state index in [0.717, 1.165) is 0 Å². The summed E-state index contributed by atoms with van der Waals surface area (Å²) in [6, 6.07) is 0. The zero-order valence-corrected chi connectivity index (χ0v) is 8.82. The summed E-state index contributed by atoms with van der Waals surface area (Å²) in [5.74, 6) is -0.441. The van der Waals surface area contributed by atoms with E-state index < -0.39 is 17.6 Å². The van der Waals surface area contributed by atoms with Crippen LogP contribution in [0.4, 0.5) is 0 Å². The van der Waals surface area contributed by atoms with Crippen LogP contribution in [0.2, 0.25) is 0 Å². The number of aliphatic hydroxyl groups is 1. The Labute approximate surface area is 84.4 Å². The number of aliphatic hydroxyl groups excluding tert-OH is 1. The molecule has 2 unspecified atom stereocenters. The topological polar surface area (TPSA) is 98.6 Å². The molecule has 0 radical (unpaired) electrons. The molecule has 0 heterocycles. The van der Waals surface area contributed by atoms with Crippen LogP contribution in [0.15, 0.2) is 0 Å². The molecule has 14 heavy (non-hydrogen) atoms. The molecule has 0 fully saturated rings. The van der Waals surface area contributed by atoms with Crippen molar-refractivity contribution in [1.82, 2.24) is 0 Å². The molecular weight excluding hydrogens is 184 g/mol. The molecule has 0 bridgehead atoms. The van der Waals surface area contributed by atoms with Crippen LogP contribution in [-0.2, 0) is 9.53 Å². The first-order valence-corrected chi connectivity index (χ1v) is 4.78. The van der Waals surface area contributed by atoms with E-state index in [0.29, 0.717) is 19.4 Å². The summed E-state index contributed by atoms with van der Waals surface area (Å²) in [6.07, 6.45) is 0.166. The zero-order chi connectivity index (χ0) is 11.2. The van der Waals surface area contributed by atoms with Crippen molar-refractivity contribution < 1.29 is 14.6 Å². The van der Waals surface area contributed by atoms with Crippen molar-refractivity contribution in [3.8, 4) is 0 Å². The zero-order valence-electron chi connectivity index (χ0n) is 8.82. The second kappa shape index (κ2) is 5.95. The average molecular weight is 204 g/mol. The van der Waals surface area contributed by atoms with Crippen LogP contribution >= 0.6 is 0 Å². The Morgan fingerprint density at radius 2 is 2.21 bits per heavy atom. The fourth-order valence-electron chi connectivity index (χ4n) is 0.982. The molecule has 2 atom stereocenters. The number of hydrogen-bond acceptors (Lipinski definition) is 5. The van der Waals surface area contributed by atoms with E-state index in [4.69, 9.17) is 16.2 Å². The summed E-state index contributed by atoms with van der Waals surface area (Å²) in [7, 11) is 0. The van der Waals surface area contributed by atoms with Crippen molar-refractivity contribution in [3.63, 3.8) is 0 Å². The molecule has 0 aromatic rings. The van der Waals surface area contributed by atoms with E-state index in [1.807, 2.05) is 0 Å². The quantitative estimate of drug-likeness (QED) is 0.500. The fraction of sp³-hybridized carbons (Fsp3) is 0.889. The minimum atomic E-state index is -1.04. The fourth-order valence-corrected chi connectivity index (χ4v) is 0.982. The lowest BCUT2D eigenvalue weighted by molar-refractivity contribution is -0.149. The second-order valence-electron chi connectivity index (χ2n) is 3.57. The highest BCUT2D eigenvalue weighted by Crippen LogP contribution is 2.12. The maximum absolute atomic E-state index is 11.3. The predicted molar refractivity (Wildman–Crippen MR) is 53.5 cm³/mol. The van der Waals surface area contributed by atoms with Crippen molar-refractivity contribution in [2.45, 2.75) is 38.3 Å². The molecule has 0 aliphatic carbocycles. The van der Waals surface area contributed by atoms with Gasteiger partial charge >= 0.3 is 5.97 Å². The van der Waals surface area contributed by atoms with E-state index in [-0.39, 0.29) is 6.54 Å². The molecule has 5 N–H and O–H groups in total. The second-order valence-corrected chi connectivity index (χ2v) is 3.57. The maximum atomic E-state index is 11.3. The number of esters is 1. The van der Waals surface area contributed by atoms with E-state index in [9.17, 15) is 9.90 Å². The molecule has 5 nitrogen and oxygen atoms in total. The van der Waals surface area contributed by atoms with Crippen LogP contribution in [-0.4, -0.2) is 35.9 Å². The van der Waals surface area contributed by atoms with Gasteiger partial charge in [0.15, 0.2) is 0 Å². The van der Waals surface area contributed by atoms with Gasteiger partial charge in [-0.25, -0.2) is 0 Å². The third kappa shape index (κ3) is 4.55. The smallest absolute Gasteiger partial charge is 0.325 e. The minimum absolute atomic E-state index is 0.179. The Hall–Kier alpha value is -0.650. The highest BCUT2D eigenvalue weighted by Gasteiger charge is 2.29. The van der Waals surface area contributed by atoms with Gasteiger partial charge in [0, 0.05) is 6.54 Å². The minimum Gasteiger partial charge on any atom is -0.465 e. The van der Waals surface area contributed by atoms with Crippen LogP contribution in [0, 0.1) is 0 Å². The van der Waals surface area contributed by atoms with Crippen LogP contribution < -0.4 is 11.5 Å². The Morgan fingerprint density at radius 3 is 2.64 bits per heavy atom. The largest absolute Gasteiger partial charge is 0.465 e. The van der Waals surface area contributed by atoms with Crippen LogP contribution in [0.3, 0.4) is 0 Å². The van der Waals surface area contributed by atoms with Gasteiger partial charge in [-0.05, 0) is 26.7 Å². The Kier molecular flexibility index (Phi) is 5.68. The lowest BCUT2D eigenvalue weighted by atomic mass is 9.95. The van der Waals surface area contributed by atoms with Crippen molar-refractivity contribution in [2.75, 3.05) is 13.2 Å². The van der Waals surface area contributed by atoms with E-state index >= 15 is 0 Å². The number of carbonyl (C=O) groups excluding carboxylic acids is 1. The molecular formula is C9H20N2O3. The van der Waals surface area contributed by atoms with Crippen LogP contribution in [0.5, 0.6) is 0 Å². The number of carbonyl (C=O) groups is 1. The molecule has 0 aliphatic rings. The van der Waals surface area contributed by atoms with Crippen molar-refractivity contribution in [2.24, 2.45) is 11.5 Å². The SMILES string of the molecule is CCOC(=O)C(C)(N)CCC(O)CN. The molecule has 0 amide bonds. The van der Waals surface area contributed by atoms with E-state index in [2.05, 4.69) is 0 Å². The molecule has 0 aliphatic heterocycles. The summed E-state index contributed by atoms with van der Waals surface area (Å²) in [5.41, 5.74) is 9.92. The molecule has 5 heteroatoms. The van der Waals surface area contributed by atoms with Gasteiger partial charge in [-0.3, -0.25) is 4.79 Å². The first-order valence-electron chi connectivity index (χ1n) is 4.78. The summed E-state index contributed by atoms with van der Waals surface area (Å²) in [6.45, 7) is 3.81. The molecule has 0 saturated carbocycles. The lowest BCUT2D eigenvalue weighted by Crippen LogP contribution is -2.46. The van der Waals surface area contributed by atoms with Gasteiger partial charge in [-0.1, -0.05) is 0 Å².